The first-order chi connectivity index (χ1) is 12.2. The Morgan fingerprint density at radius 3 is 2.76 bits per heavy atom. The number of likely N-dealkylation sites (tertiary alicyclic amines) is 1. The molecule has 2 aromatic rings. The molecule has 132 valence electrons. The Bertz CT molecular complexity index is 749. The van der Waals surface area contributed by atoms with E-state index in [9.17, 15) is 4.79 Å². The Morgan fingerprint density at radius 2 is 2.04 bits per heavy atom. The molecule has 0 radical (unpaired) electrons. The van der Waals surface area contributed by atoms with E-state index >= 15 is 0 Å². The van der Waals surface area contributed by atoms with Gasteiger partial charge in [-0.15, -0.1) is 11.3 Å². The minimum atomic E-state index is -0.185. The summed E-state index contributed by atoms with van der Waals surface area (Å²) in [4.78, 5) is 16.3. The highest BCUT2D eigenvalue weighted by Crippen LogP contribution is 2.48. The molecule has 2 aliphatic rings. The molecule has 4 atom stereocenters. The maximum Gasteiger partial charge on any atom is 0.242 e. The molecule has 0 spiro atoms. The molecule has 3 heterocycles. The summed E-state index contributed by atoms with van der Waals surface area (Å²) in [5.74, 6) is 1.19. The fourth-order valence-corrected chi connectivity index (χ4v) is 5.01. The standard InChI is InChI=1S/C19H23N3O2S/c1-3-9-22-18(14-8-5-10-25-14)15-16(20-21-17(15)19(22)23)12-6-4-7-13(11-12)24-2/h4-8,10-11,15-18,20-21H,3,9H2,1-2H3. The maximum absolute atomic E-state index is 13.0. The van der Waals surface area contributed by atoms with Crippen LogP contribution < -0.4 is 15.6 Å². The van der Waals surface area contributed by atoms with Crippen LogP contribution in [-0.2, 0) is 4.79 Å². The highest BCUT2D eigenvalue weighted by molar-refractivity contribution is 7.10. The maximum atomic E-state index is 13.0. The molecule has 4 rings (SSSR count). The van der Waals surface area contributed by atoms with Gasteiger partial charge in [0.2, 0.25) is 5.91 Å². The van der Waals surface area contributed by atoms with Crippen molar-refractivity contribution >= 4 is 17.2 Å². The van der Waals surface area contributed by atoms with Crippen molar-refractivity contribution in [1.29, 1.82) is 0 Å². The smallest absolute Gasteiger partial charge is 0.242 e. The third kappa shape index (κ3) is 2.74. The molecule has 2 saturated heterocycles. The van der Waals surface area contributed by atoms with Crippen LogP contribution in [-0.4, -0.2) is 30.5 Å². The van der Waals surface area contributed by atoms with E-state index in [-0.39, 0.29) is 30.0 Å². The van der Waals surface area contributed by atoms with E-state index in [4.69, 9.17) is 4.74 Å². The number of fused-ring (bicyclic) bond motifs is 1. The van der Waals surface area contributed by atoms with Crippen LogP contribution in [0.15, 0.2) is 41.8 Å². The fourth-order valence-electron chi connectivity index (χ4n) is 4.11. The van der Waals surface area contributed by atoms with E-state index in [0.717, 1.165) is 24.3 Å². The number of methoxy groups -OCH3 is 1. The van der Waals surface area contributed by atoms with Crippen LogP contribution in [0.4, 0.5) is 0 Å². The summed E-state index contributed by atoms with van der Waals surface area (Å²) in [5.41, 5.74) is 7.77. The van der Waals surface area contributed by atoms with E-state index in [1.807, 2.05) is 12.1 Å². The zero-order valence-electron chi connectivity index (χ0n) is 14.4. The van der Waals surface area contributed by atoms with Crippen molar-refractivity contribution in [3.63, 3.8) is 0 Å². The highest BCUT2D eigenvalue weighted by Gasteiger charge is 2.55. The number of ether oxygens (including phenoxy) is 1. The third-order valence-corrected chi connectivity index (χ3v) is 6.11. The van der Waals surface area contributed by atoms with Gasteiger partial charge in [-0.05, 0) is 35.6 Å². The van der Waals surface area contributed by atoms with E-state index in [2.05, 4.69) is 52.3 Å². The van der Waals surface area contributed by atoms with Crippen LogP contribution in [0.3, 0.4) is 0 Å². The summed E-state index contributed by atoms with van der Waals surface area (Å²) >= 11 is 1.73. The van der Waals surface area contributed by atoms with Crippen LogP contribution in [0.2, 0.25) is 0 Å². The number of nitrogens with one attached hydrogen (secondary N) is 2. The SMILES string of the molecule is CCCN1C(=O)C2NNC(c3cccc(OC)c3)C2C1c1cccs1. The molecule has 0 aliphatic carbocycles. The topological polar surface area (TPSA) is 53.6 Å². The number of hydrazine groups is 1. The number of nitrogens with zero attached hydrogens (tertiary/aromatic N) is 1. The molecular formula is C19H23N3O2S. The summed E-state index contributed by atoms with van der Waals surface area (Å²) in [6.45, 7) is 2.92. The lowest BCUT2D eigenvalue weighted by molar-refractivity contribution is -0.130. The van der Waals surface area contributed by atoms with E-state index < -0.39 is 0 Å². The Labute approximate surface area is 152 Å². The van der Waals surface area contributed by atoms with Crippen LogP contribution in [0.5, 0.6) is 5.75 Å². The van der Waals surface area contributed by atoms with Crippen molar-refractivity contribution in [2.45, 2.75) is 31.5 Å². The molecular weight excluding hydrogens is 334 g/mol. The number of rotatable bonds is 5. The molecule has 4 unspecified atom stereocenters. The number of carbonyl (C=O) groups is 1. The predicted octanol–water partition coefficient (Wildman–Crippen LogP) is 2.88. The predicted molar refractivity (Wildman–Crippen MR) is 98.3 cm³/mol. The van der Waals surface area contributed by atoms with Gasteiger partial charge >= 0.3 is 0 Å². The lowest BCUT2D eigenvalue weighted by atomic mass is 9.85. The van der Waals surface area contributed by atoms with Crippen LogP contribution >= 0.6 is 11.3 Å². The Balaban J connectivity index is 1.73. The summed E-state index contributed by atoms with van der Waals surface area (Å²) in [6, 6.07) is 12.3. The first kappa shape index (κ1) is 16.6. The van der Waals surface area contributed by atoms with Crippen molar-refractivity contribution in [1.82, 2.24) is 15.8 Å². The molecule has 0 bridgehead atoms. The zero-order chi connectivity index (χ0) is 17.4. The lowest BCUT2D eigenvalue weighted by Crippen LogP contribution is -2.41. The second-order valence-electron chi connectivity index (χ2n) is 6.59. The minimum Gasteiger partial charge on any atom is -0.497 e. The average molecular weight is 357 g/mol. The van der Waals surface area contributed by atoms with Crippen LogP contribution in [0.1, 0.15) is 35.9 Å². The lowest BCUT2D eigenvalue weighted by Gasteiger charge is -2.30. The normalized spacial score (nSPS) is 28.4. The second kappa shape index (κ2) is 6.78. The van der Waals surface area contributed by atoms with Crippen LogP contribution in [0.25, 0.3) is 0 Å². The van der Waals surface area contributed by atoms with Crippen molar-refractivity contribution in [3.8, 4) is 5.75 Å². The highest BCUT2D eigenvalue weighted by atomic mass is 32.1. The number of thiophene rings is 1. The quantitative estimate of drug-likeness (QED) is 0.864. The van der Waals surface area contributed by atoms with Gasteiger partial charge < -0.3 is 9.64 Å². The number of hydrogen-bond donors (Lipinski definition) is 2. The number of carbonyl (C=O) groups excluding carboxylic acids is 1. The molecule has 1 amide bonds. The first-order valence-electron chi connectivity index (χ1n) is 8.73. The summed E-state index contributed by atoms with van der Waals surface area (Å²) in [7, 11) is 1.68. The number of hydrogen-bond acceptors (Lipinski definition) is 5. The Morgan fingerprint density at radius 1 is 1.20 bits per heavy atom. The average Bonchev–Trinajstić information content (AvgIpc) is 3.35. The largest absolute Gasteiger partial charge is 0.497 e. The summed E-state index contributed by atoms with van der Waals surface area (Å²) in [5, 5.41) is 2.09. The minimum absolute atomic E-state index is 0.0676. The third-order valence-electron chi connectivity index (χ3n) is 5.17. The van der Waals surface area contributed by atoms with E-state index in [1.54, 1.807) is 18.4 Å². The number of benzene rings is 1. The first-order valence-corrected chi connectivity index (χ1v) is 9.61. The molecule has 1 aromatic heterocycles. The van der Waals surface area contributed by atoms with Gasteiger partial charge in [-0.3, -0.25) is 4.79 Å². The monoisotopic (exact) mass is 357 g/mol. The van der Waals surface area contributed by atoms with Gasteiger partial charge in [0.1, 0.15) is 11.8 Å². The molecule has 0 saturated carbocycles. The van der Waals surface area contributed by atoms with Crippen LogP contribution in [0, 0.1) is 5.92 Å². The number of amides is 1. The van der Waals surface area contributed by atoms with Gasteiger partial charge in [-0.1, -0.05) is 25.1 Å². The van der Waals surface area contributed by atoms with Crippen molar-refractivity contribution in [3.05, 3.63) is 52.2 Å². The molecule has 25 heavy (non-hydrogen) atoms. The molecule has 2 aliphatic heterocycles. The van der Waals surface area contributed by atoms with Crippen molar-refractivity contribution in [2.24, 2.45) is 5.92 Å². The van der Waals surface area contributed by atoms with Gasteiger partial charge in [0.15, 0.2) is 0 Å². The second-order valence-corrected chi connectivity index (χ2v) is 7.57. The molecule has 6 heteroatoms. The zero-order valence-corrected chi connectivity index (χ0v) is 15.3. The van der Waals surface area contributed by atoms with Gasteiger partial charge in [0.05, 0.1) is 19.2 Å². The molecule has 5 nitrogen and oxygen atoms in total. The van der Waals surface area contributed by atoms with Crippen molar-refractivity contribution < 1.29 is 9.53 Å². The fraction of sp³-hybridized carbons (Fsp3) is 0.421. The van der Waals surface area contributed by atoms with E-state index in [0.29, 0.717) is 0 Å². The molecule has 2 N–H and O–H groups in total. The van der Waals surface area contributed by atoms with Gasteiger partial charge in [0, 0.05) is 17.3 Å². The molecule has 2 fully saturated rings. The van der Waals surface area contributed by atoms with Gasteiger partial charge in [-0.2, -0.15) is 0 Å². The molecule has 1 aromatic carbocycles. The van der Waals surface area contributed by atoms with E-state index in [1.165, 1.54) is 4.88 Å². The summed E-state index contributed by atoms with van der Waals surface area (Å²) < 4.78 is 5.38. The summed E-state index contributed by atoms with van der Waals surface area (Å²) in [6.07, 6.45) is 0.963. The van der Waals surface area contributed by atoms with Gasteiger partial charge in [-0.25, -0.2) is 10.9 Å². The van der Waals surface area contributed by atoms with Gasteiger partial charge in [0.25, 0.3) is 0 Å². The van der Waals surface area contributed by atoms with Crippen molar-refractivity contribution in [2.75, 3.05) is 13.7 Å². The Hall–Kier alpha value is -1.89. The Kier molecular flexibility index (Phi) is 4.50.